The van der Waals surface area contributed by atoms with E-state index in [1.54, 1.807) is 11.7 Å². The number of fused-ring (bicyclic) bond motifs is 2. The van der Waals surface area contributed by atoms with Crippen LogP contribution in [-0.4, -0.2) is 43.1 Å². The number of benzene rings is 2. The number of nitrogens with zero attached hydrogens (tertiary/aromatic N) is 5. The van der Waals surface area contributed by atoms with Gasteiger partial charge in [-0.1, -0.05) is 48.2 Å². The minimum atomic E-state index is -0.257. The van der Waals surface area contributed by atoms with Gasteiger partial charge in [0.2, 0.25) is 0 Å². The van der Waals surface area contributed by atoms with Gasteiger partial charge in [0, 0.05) is 18.9 Å². The number of aryl methyl sites for hydroxylation is 1. The second-order valence-corrected chi connectivity index (χ2v) is 9.76. The molecule has 0 unspecified atom stereocenters. The van der Waals surface area contributed by atoms with Crippen LogP contribution in [0.25, 0.3) is 21.4 Å². The summed E-state index contributed by atoms with van der Waals surface area (Å²) in [6.07, 6.45) is 3.85. The lowest BCUT2D eigenvalue weighted by molar-refractivity contribution is -0.116. The van der Waals surface area contributed by atoms with Crippen LogP contribution in [0.15, 0.2) is 70.9 Å². The second-order valence-electron chi connectivity index (χ2n) is 7.74. The van der Waals surface area contributed by atoms with Gasteiger partial charge in [-0.2, -0.15) is 0 Å². The standard InChI is InChI=1S/C25H21N5O3S2/c1-33-19-9-5-8-18-22(19)35-20(28-18)14-17(31)15-34-25-29-23-21(26-11-12-27-23)24(32)30(25)13-10-16-6-3-2-4-7-16/h2-9,11-12H,10,13-15H2,1H3. The second kappa shape index (κ2) is 10.3. The van der Waals surface area contributed by atoms with Gasteiger partial charge in [-0.15, -0.1) is 11.3 Å². The van der Waals surface area contributed by atoms with E-state index in [4.69, 9.17) is 4.74 Å². The molecular formula is C25H21N5O3S2. The molecule has 0 bridgehead atoms. The Morgan fingerprint density at radius 1 is 1.06 bits per heavy atom. The van der Waals surface area contributed by atoms with Gasteiger partial charge in [-0.25, -0.2) is 19.9 Å². The molecular weight excluding hydrogens is 482 g/mol. The van der Waals surface area contributed by atoms with Crippen LogP contribution < -0.4 is 10.3 Å². The van der Waals surface area contributed by atoms with E-state index in [1.807, 2.05) is 48.5 Å². The molecule has 0 aliphatic heterocycles. The summed E-state index contributed by atoms with van der Waals surface area (Å²) in [6.45, 7) is 0.427. The molecule has 5 rings (SSSR count). The van der Waals surface area contributed by atoms with Crippen LogP contribution in [0.3, 0.4) is 0 Å². The summed E-state index contributed by atoms with van der Waals surface area (Å²) in [4.78, 5) is 43.5. The molecule has 35 heavy (non-hydrogen) atoms. The molecule has 0 amide bonds. The van der Waals surface area contributed by atoms with Crippen LogP contribution in [0.5, 0.6) is 5.75 Å². The first kappa shape index (κ1) is 23.1. The van der Waals surface area contributed by atoms with Crippen molar-refractivity contribution >= 4 is 50.3 Å². The number of hydrogen-bond acceptors (Lipinski definition) is 9. The van der Waals surface area contributed by atoms with E-state index in [0.29, 0.717) is 18.1 Å². The zero-order valence-corrected chi connectivity index (χ0v) is 20.5. The molecule has 176 valence electrons. The quantitative estimate of drug-likeness (QED) is 0.220. The molecule has 0 spiro atoms. The maximum Gasteiger partial charge on any atom is 0.282 e. The predicted octanol–water partition coefficient (Wildman–Crippen LogP) is 3.95. The van der Waals surface area contributed by atoms with Crippen molar-refractivity contribution in [3.8, 4) is 5.75 Å². The number of ketones is 1. The minimum Gasteiger partial charge on any atom is -0.495 e. The third-order valence-corrected chi connectivity index (χ3v) is 7.50. The Morgan fingerprint density at radius 2 is 1.89 bits per heavy atom. The van der Waals surface area contributed by atoms with E-state index < -0.39 is 0 Å². The van der Waals surface area contributed by atoms with Crippen molar-refractivity contribution in [3.63, 3.8) is 0 Å². The third-order valence-electron chi connectivity index (χ3n) is 5.38. The van der Waals surface area contributed by atoms with Crippen LogP contribution in [0.4, 0.5) is 0 Å². The highest BCUT2D eigenvalue weighted by Gasteiger charge is 2.17. The molecule has 0 aliphatic carbocycles. The van der Waals surface area contributed by atoms with Crippen molar-refractivity contribution in [1.82, 2.24) is 24.5 Å². The number of Topliss-reactive ketones (excluding diaryl/α,β-unsaturated/α-hetero) is 1. The van der Waals surface area contributed by atoms with Crippen molar-refractivity contribution in [1.29, 1.82) is 0 Å². The van der Waals surface area contributed by atoms with Crippen LogP contribution in [0.1, 0.15) is 10.6 Å². The van der Waals surface area contributed by atoms with E-state index in [-0.39, 0.29) is 34.7 Å². The summed E-state index contributed by atoms with van der Waals surface area (Å²) in [5.74, 6) is 0.907. The molecule has 3 heterocycles. The summed E-state index contributed by atoms with van der Waals surface area (Å²) in [6, 6.07) is 15.6. The lowest BCUT2D eigenvalue weighted by Crippen LogP contribution is -2.25. The minimum absolute atomic E-state index is 0.00359. The van der Waals surface area contributed by atoms with Crippen LogP contribution in [0, 0.1) is 0 Å². The summed E-state index contributed by atoms with van der Waals surface area (Å²) in [5.41, 5.74) is 2.17. The molecule has 8 nitrogen and oxygen atoms in total. The van der Waals surface area contributed by atoms with E-state index in [2.05, 4.69) is 19.9 Å². The summed E-state index contributed by atoms with van der Waals surface area (Å²) >= 11 is 2.70. The first-order valence-corrected chi connectivity index (χ1v) is 12.7. The Bertz CT molecular complexity index is 1570. The van der Waals surface area contributed by atoms with Crippen molar-refractivity contribution in [2.75, 3.05) is 12.9 Å². The number of hydrogen-bond donors (Lipinski definition) is 0. The molecule has 0 atom stereocenters. The highest BCUT2D eigenvalue weighted by molar-refractivity contribution is 7.99. The molecule has 0 radical (unpaired) electrons. The Kier molecular flexibility index (Phi) is 6.82. The lowest BCUT2D eigenvalue weighted by atomic mass is 10.1. The third kappa shape index (κ3) is 5.08. The van der Waals surface area contributed by atoms with Crippen LogP contribution in [0.2, 0.25) is 0 Å². The molecule has 10 heteroatoms. The van der Waals surface area contributed by atoms with Gasteiger partial charge in [0.05, 0.1) is 29.5 Å². The van der Waals surface area contributed by atoms with Crippen molar-refractivity contribution in [2.45, 2.75) is 24.5 Å². The number of methoxy groups -OCH3 is 1. The largest absolute Gasteiger partial charge is 0.495 e. The van der Waals surface area contributed by atoms with E-state index in [0.717, 1.165) is 26.5 Å². The fraction of sp³-hybridized carbons (Fsp3) is 0.200. The number of rotatable bonds is 9. The molecule has 0 N–H and O–H groups in total. The fourth-order valence-electron chi connectivity index (χ4n) is 3.69. The SMILES string of the molecule is COc1cccc2nc(CC(=O)CSc3nc4nccnc4c(=O)n3CCc3ccccc3)sc12. The molecule has 0 saturated carbocycles. The summed E-state index contributed by atoms with van der Waals surface area (Å²) < 4.78 is 7.91. The Labute approximate surface area is 209 Å². The van der Waals surface area contributed by atoms with Gasteiger partial charge in [-0.05, 0) is 24.1 Å². The fourth-order valence-corrected chi connectivity index (χ4v) is 5.65. The normalized spacial score (nSPS) is 11.2. The van der Waals surface area contributed by atoms with Crippen LogP contribution in [-0.2, 0) is 24.2 Å². The van der Waals surface area contributed by atoms with Crippen LogP contribution >= 0.6 is 23.1 Å². The predicted molar refractivity (Wildman–Crippen MR) is 137 cm³/mol. The van der Waals surface area contributed by atoms with Crippen molar-refractivity contribution in [2.24, 2.45) is 0 Å². The highest BCUT2D eigenvalue weighted by atomic mass is 32.2. The first-order chi connectivity index (χ1) is 17.1. The molecule has 0 saturated heterocycles. The summed E-state index contributed by atoms with van der Waals surface area (Å²) in [5, 5.41) is 1.19. The number of thiazole rings is 1. The maximum absolute atomic E-state index is 13.2. The van der Waals surface area contributed by atoms with Gasteiger partial charge < -0.3 is 4.74 Å². The molecule has 0 fully saturated rings. The Morgan fingerprint density at radius 3 is 2.71 bits per heavy atom. The number of thioether (sulfide) groups is 1. The number of carbonyl (C=O) groups is 1. The maximum atomic E-state index is 13.2. The lowest BCUT2D eigenvalue weighted by Gasteiger charge is -2.12. The molecule has 2 aromatic carbocycles. The molecule has 5 aromatic rings. The summed E-state index contributed by atoms with van der Waals surface area (Å²) in [7, 11) is 1.62. The zero-order chi connectivity index (χ0) is 24.2. The first-order valence-electron chi connectivity index (χ1n) is 10.9. The van der Waals surface area contributed by atoms with Gasteiger partial charge in [0.15, 0.2) is 16.3 Å². The molecule has 3 aromatic heterocycles. The number of ether oxygens (including phenoxy) is 1. The average Bonchev–Trinajstić information content (AvgIpc) is 3.30. The smallest absolute Gasteiger partial charge is 0.282 e. The monoisotopic (exact) mass is 503 g/mol. The Balaban J connectivity index is 1.36. The van der Waals surface area contributed by atoms with E-state index in [1.165, 1.54) is 35.5 Å². The van der Waals surface area contributed by atoms with Crippen molar-refractivity contribution in [3.05, 3.63) is 81.8 Å². The van der Waals surface area contributed by atoms with Gasteiger partial charge >= 0.3 is 0 Å². The highest BCUT2D eigenvalue weighted by Crippen LogP contribution is 2.31. The van der Waals surface area contributed by atoms with Gasteiger partial charge in [-0.3, -0.25) is 14.2 Å². The van der Waals surface area contributed by atoms with Gasteiger partial charge in [0.1, 0.15) is 16.5 Å². The van der Waals surface area contributed by atoms with Crippen molar-refractivity contribution < 1.29 is 9.53 Å². The van der Waals surface area contributed by atoms with Gasteiger partial charge in [0.25, 0.3) is 5.56 Å². The zero-order valence-electron chi connectivity index (χ0n) is 18.9. The number of carbonyl (C=O) groups excluding carboxylic acids is 1. The van der Waals surface area contributed by atoms with E-state index >= 15 is 0 Å². The van der Waals surface area contributed by atoms with E-state index in [9.17, 15) is 9.59 Å². The topological polar surface area (TPSA) is 99.9 Å². The average molecular weight is 504 g/mol. The molecule has 0 aliphatic rings. The Hall–Kier alpha value is -3.63. The number of aromatic nitrogens is 5.